The number of halogens is 1. The highest BCUT2D eigenvalue weighted by molar-refractivity contribution is 5.88. The Morgan fingerprint density at radius 2 is 1.79 bits per heavy atom. The molecule has 0 aliphatic heterocycles. The average molecular weight is 441 g/mol. The van der Waals surface area contributed by atoms with E-state index in [2.05, 4.69) is 30.6 Å². The normalized spacial score (nSPS) is 11.3. The molecule has 6 nitrogen and oxygen atoms in total. The number of aryl methyl sites for hydroxylation is 3. The molecule has 3 aromatic heterocycles. The van der Waals surface area contributed by atoms with Gasteiger partial charge in [-0.25, -0.2) is 14.4 Å². The molecular weight excluding hydrogens is 415 g/mol. The van der Waals surface area contributed by atoms with E-state index in [0.29, 0.717) is 23.7 Å². The second-order valence-electron chi connectivity index (χ2n) is 8.25. The van der Waals surface area contributed by atoms with Crippen LogP contribution in [0.3, 0.4) is 0 Å². The predicted octanol–water partition coefficient (Wildman–Crippen LogP) is 5.97. The van der Waals surface area contributed by atoms with Gasteiger partial charge in [-0.05, 0) is 56.5 Å². The third-order valence-corrected chi connectivity index (χ3v) is 5.81. The van der Waals surface area contributed by atoms with E-state index in [1.54, 1.807) is 6.20 Å². The topological polar surface area (TPSA) is 78.5 Å². The van der Waals surface area contributed by atoms with Crippen LogP contribution in [0.5, 0.6) is 0 Å². The zero-order valence-electron chi connectivity index (χ0n) is 18.8. The molecule has 2 aromatic carbocycles. The van der Waals surface area contributed by atoms with Gasteiger partial charge in [0.25, 0.3) is 0 Å². The van der Waals surface area contributed by atoms with Gasteiger partial charge in [0.1, 0.15) is 23.3 Å². The van der Waals surface area contributed by atoms with Crippen LogP contribution in [0, 0.1) is 26.6 Å². The number of aromatic amines is 1. The van der Waals surface area contributed by atoms with E-state index in [1.807, 2.05) is 63.2 Å². The number of H-pyrrole nitrogens is 1. The first-order valence-electron chi connectivity index (χ1n) is 11.0. The van der Waals surface area contributed by atoms with Crippen LogP contribution in [0.25, 0.3) is 21.8 Å². The van der Waals surface area contributed by atoms with Crippen molar-refractivity contribution in [3.8, 4) is 0 Å². The van der Waals surface area contributed by atoms with Crippen molar-refractivity contribution in [2.24, 2.45) is 0 Å². The van der Waals surface area contributed by atoms with Crippen LogP contribution < -0.4 is 10.6 Å². The Hall–Kier alpha value is -4.00. The molecule has 3 heterocycles. The van der Waals surface area contributed by atoms with Crippen molar-refractivity contribution in [3.63, 3.8) is 0 Å². The largest absolute Gasteiger partial charge is 0.370 e. The van der Waals surface area contributed by atoms with Gasteiger partial charge in [-0.15, -0.1) is 0 Å². The number of aromatic nitrogens is 4. The maximum Gasteiger partial charge on any atom is 0.147 e. The minimum absolute atomic E-state index is 0.219. The minimum atomic E-state index is -0.219. The molecule has 0 bridgehead atoms. The van der Waals surface area contributed by atoms with Crippen molar-refractivity contribution >= 4 is 39.1 Å². The molecule has 0 spiro atoms. The molecule has 166 valence electrons. The van der Waals surface area contributed by atoms with E-state index < -0.39 is 0 Å². The summed E-state index contributed by atoms with van der Waals surface area (Å²) < 4.78 is 14.2. The monoisotopic (exact) mass is 440 g/mol. The van der Waals surface area contributed by atoms with Gasteiger partial charge in [0, 0.05) is 29.1 Å². The second kappa shape index (κ2) is 8.50. The summed E-state index contributed by atoms with van der Waals surface area (Å²) in [5.41, 5.74) is 5.58. The first-order chi connectivity index (χ1) is 16.0. The van der Waals surface area contributed by atoms with Crippen LogP contribution in [0.2, 0.25) is 0 Å². The summed E-state index contributed by atoms with van der Waals surface area (Å²) in [5.74, 6) is 1.88. The van der Waals surface area contributed by atoms with Crippen LogP contribution >= 0.6 is 0 Å². The standard InChI is InChI=1S/C26H25FN6/c1-15-8-9-21(27)26-25(15)20(16(2)30-26)10-11-28-23-13-24(32-17(3)31-23)33-19-12-18-6-4-5-7-22(18)29-14-19/h4-9,12-14,30H,10-11H2,1-3H3,(H2,28,31,32,33). The van der Waals surface area contributed by atoms with Crippen LogP contribution in [-0.4, -0.2) is 26.5 Å². The van der Waals surface area contributed by atoms with Gasteiger partial charge >= 0.3 is 0 Å². The third kappa shape index (κ3) is 4.22. The van der Waals surface area contributed by atoms with Crippen LogP contribution in [-0.2, 0) is 6.42 Å². The molecule has 0 saturated carbocycles. The lowest BCUT2D eigenvalue weighted by Gasteiger charge is -2.11. The number of para-hydroxylation sites is 1. The Morgan fingerprint density at radius 3 is 2.67 bits per heavy atom. The fourth-order valence-electron chi connectivity index (χ4n) is 4.28. The fraction of sp³-hybridized carbons (Fsp3) is 0.192. The molecule has 7 heteroatoms. The molecule has 3 N–H and O–H groups in total. The summed E-state index contributed by atoms with van der Waals surface area (Å²) in [6, 6.07) is 15.3. The summed E-state index contributed by atoms with van der Waals surface area (Å²) in [6.07, 6.45) is 2.55. The summed E-state index contributed by atoms with van der Waals surface area (Å²) in [6.45, 7) is 6.53. The molecule has 0 radical (unpaired) electrons. The van der Waals surface area contributed by atoms with E-state index in [0.717, 1.165) is 51.0 Å². The number of pyridine rings is 1. The van der Waals surface area contributed by atoms with Gasteiger partial charge in [0.15, 0.2) is 0 Å². The number of hydrogen-bond donors (Lipinski definition) is 3. The van der Waals surface area contributed by atoms with Crippen molar-refractivity contribution < 1.29 is 4.39 Å². The van der Waals surface area contributed by atoms with Gasteiger partial charge < -0.3 is 15.6 Å². The van der Waals surface area contributed by atoms with Crippen molar-refractivity contribution in [2.45, 2.75) is 27.2 Å². The smallest absolute Gasteiger partial charge is 0.147 e. The molecule has 5 aromatic rings. The van der Waals surface area contributed by atoms with Gasteiger partial charge in [-0.1, -0.05) is 24.3 Å². The van der Waals surface area contributed by atoms with Crippen LogP contribution in [0.15, 0.2) is 54.7 Å². The Bertz CT molecular complexity index is 1470. The zero-order valence-corrected chi connectivity index (χ0v) is 18.8. The number of rotatable bonds is 6. The van der Waals surface area contributed by atoms with Gasteiger partial charge in [0.2, 0.25) is 0 Å². The highest BCUT2D eigenvalue weighted by Gasteiger charge is 2.14. The number of anilines is 3. The maximum atomic E-state index is 14.2. The fourth-order valence-corrected chi connectivity index (χ4v) is 4.28. The van der Waals surface area contributed by atoms with Crippen LogP contribution in [0.4, 0.5) is 21.7 Å². The highest BCUT2D eigenvalue weighted by Crippen LogP contribution is 2.28. The first kappa shape index (κ1) is 20.9. The van der Waals surface area contributed by atoms with E-state index in [-0.39, 0.29) is 5.82 Å². The number of benzene rings is 2. The van der Waals surface area contributed by atoms with E-state index in [9.17, 15) is 4.39 Å². The molecule has 0 aliphatic carbocycles. The number of hydrogen-bond acceptors (Lipinski definition) is 5. The Labute approximate surface area is 191 Å². The number of nitrogens with one attached hydrogen (secondary N) is 3. The average Bonchev–Trinajstić information content (AvgIpc) is 3.13. The quantitative estimate of drug-likeness (QED) is 0.303. The molecule has 0 saturated heterocycles. The lowest BCUT2D eigenvalue weighted by Crippen LogP contribution is -2.09. The third-order valence-electron chi connectivity index (χ3n) is 5.81. The Kier molecular flexibility index (Phi) is 5.38. The molecule has 33 heavy (non-hydrogen) atoms. The molecule has 0 amide bonds. The van der Waals surface area contributed by atoms with Gasteiger partial charge in [-0.2, -0.15) is 0 Å². The molecule has 0 unspecified atom stereocenters. The lowest BCUT2D eigenvalue weighted by molar-refractivity contribution is 0.637. The lowest BCUT2D eigenvalue weighted by atomic mass is 10.0. The molecule has 0 aliphatic rings. The number of nitrogens with zero attached hydrogens (tertiary/aromatic N) is 3. The van der Waals surface area contributed by atoms with Crippen molar-refractivity contribution in [1.82, 2.24) is 19.9 Å². The molecule has 0 fully saturated rings. The Balaban J connectivity index is 1.32. The zero-order chi connectivity index (χ0) is 22.9. The van der Waals surface area contributed by atoms with Gasteiger partial charge in [0.05, 0.1) is 22.9 Å². The van der Waals surface area contributed by atoms with E-state index >= 15 is 0 Å². The highest BCUT2D eigenvalue weighted by atomic mass is 19.1. The van der Waals surface area contributed by atoms with Gasteiger partial charge in [-0.3, -0.25) is 4.98 Å². The molecule has 0 atom stereocenters. The SMILES string of the molecule is Cc1nc(NCCc2c(C)[nH]c3c(F)ccc(C)c23)cc(Nc2cnc3ccccc3c2)n1. The summed E-state index contributed by atoms with van der Waals surface area (Å²) in [7, 11) is 0. The summed E-state index contributed by atoms with van der Waals surface area (Å²) >= 11 is 0. The summed E-state index contributed by atoms with van der Waals surface area (Å²) in [5, 5.41) is 8.75. The first-order valence-corrected chi connectivity index (χ1v) is 11.0. The van der Waals surface area contributed by atoms with E-state index in [1.165, 1.54) is 6.07 Å². The van der Waals surface area contributed by atoms with E-state index in [4.69, 9.17) is 0 Å². The number of fused-ring (bicyclic) bond motifs is 2. The Morgan fingerprint density at radius 1 is 0.970 bits per heavy atom. The minimum Gasteiger partial charge on any atom is -0.370 e. The second-order valence-corrected chi connectivity index (χ2v) is 8.25. The molecular formula is C26H25FN6. The van der Waals surface area contributed by atoms with Crippen LogP contribution in [0.1, 0.15) is 22.6 Å². The molecule has 5 rings (SSSR count). The van der Waals surface area contributed by atoms with Crippen molar-refractivity contribution in [3.05, 3.63) is 83.2 Å². The summed E-state index contributed by atoms with van der Waals surface area (Å²) in [4.78, 5) is 16.7. The predicted molar refractivity (Wildman–Crippen MR) is 132 cm³/mol. The maximum absolute atomic E-state index is 14.2. The van der Waals surface area contributed by atoms with Crippen molar-refractivity contribution in [1.29, 1.82) is 0 Å². The van der Waals surface area contributed by atoms with Crippen molar-refractivity contribution in [2.75, 3.05) is 17.2 Å².